The Kier molecular flexibility index (Phi) is 3.53. The van der Waals surface area contributed by atoms with Gasteiger partial charge in [0.05, 0.1) is 5.69 Å². The second kappa shape index (κ2) is 4.45. The summed E-state index contributed by atoms with van der Waals surface area (Å²) in [5, 5.41) is 5.31. The van der Waals surface area contributed by atoms with E-state index in [0.717, 1.165) is 17.4 Å². The van der Waals surface area contributed by atoms with Crippen LogP contribution in [0.15, 0.2) is 18.3 Å². The lowest BCUT2D eigenvalue weighted by Crippen LogP contribution is -1.89. The van der Waals surface area contributed by atoms with E-state index >= 15 is 0 Å². The van der Waals surface area contributed by atoms with E-state index in [1.165, 1.54) is 5.57 Å². The number of aromatic nitrogens is 2. The molecule has 1 aromatic rings. The summed E-state index contributed by atoms with van der Waals surface area (Å²) in [6, 6.07) is 2.03. The summed E-state index contributed by atoms with van der Waals surface area (Å²) in [4.78, 5) is 0. The highest BCUT2D eigenvalue weighted by molar-refractivity contribution is 9.09. The minimum absolute atomic E-state index is 1.01. The number of hydrogen-bond donors (Lipinski definition) is 0. The van der Waals surface area contributed by atoms with E-state index in [4.69, 9.17) is 0 Å². The number of rotatable bonds is 3. The smallest absolute Gasteiger partial charge is 0.0876 e. The monoisotopic (exact) mass is 228 g/mol. The Balaban J connectivity index is 2.70. The standard InChI is InChI=1S/C9H13BrN2/c1-8(4-3-6-10)9-5-7-12(2)11-9/h4-5,7H,3,6H2,1-2H3/b8-4-. The number of aryl methyl sites for hydroxylation is 1. The first-order valence-electron chi connectivity index (χ1n) is 3.97. The van der Waals surface area contributed by atoms with Gasteiger partial charge in [-0.2, -0.15) is 5.10 Å². The zero-order valence-electron chi connectivity index (χ0n) is 7.42. The first kappa shape index (κ1) is 9.52. The van der Waals surface area contributed by atoms with Gasteiger partial charge in [0.25, 0.3) is 0 Å². The van der Waals surface area contributed by atoms with Crippen LogP contribution in [-0.2, 0) is 7.05 Å². The molecule has 0 saturated carbocycles. The largest absolute Gasteiger partial charge is 0.275 e. The highest BCUT2D eigenvalue weighted by atomic mass is 79.9. The van der Waals surface area contributed by atoms with Gasteiger partial charge in [-0.25, -0.2) is 0 Å². The van der Waals surface area contributed by atoms with Crippen molar-refractivity contribution in [2.24, 2.45) is 7.05 Å². The number of halogens is 1. The lowest BCUT2D eigenvalue weighted by Gasteiger charge is -1.94. The molecule has 1 rings (SSSR count). The van der Waals surface area contributed by atoms with Crippen molar-refractivity contribution in [1.82, 2.24) is 9.78 Å². The van der Waals surface area contributed by atoms with Crippen molar-refractivity contribution in [1.29, 1.82) is 0 Å². The van der Waals surface area contributed by atoms with Gasteiger partial charge in [0.15, 0.2) is 0 Å². The molecule has 0 radical (unpaired) electrons. The topological polar surface area (TPSA) is 17.8 Å². The minimum Gasteiger partial charge on any atom is -0.275 e. The molecule has 2 nitrogen and oxygen atoms in total. The van der Waals surface area contributed by atoms with E-state index in [0.29, 0.717) is 0 Å². The van der Waals surface area contributed by atoms with Gasteiger partial charge in [-0.1, -0.05) is 22.0 Å². The van der Waals surface area contributed by atoms with Crippen molar-refractivity contribution in [2.75, 3.05) is 5.33 Å². The second-order valence-electron chi connectivity index (χ2n) is 2.74. The summed E-state index contributed by atoms with van der Waals surface area (Å²) in [5.41, 5.74) is 2.31. The molecule has 0 aliphatic heterocycles. The molecule has 66 valence electrons. The maximum absolute atomic E-state index is 4.30. The molecule has 1 heterocycles. The highest BCUT2D eigenvalue weighted by Crippen LogP contribution is 2.11. The summed E-state index contributed by atoms with van der Waals surface area (Å²) >= 11 is 3.39. The summed E-state index contributed by atoms with van der Waals surface area (Å²) < 4.78 is 1.82. The van der Waals surface area contributed by atoms with Gasteiger partial charge in [-0.3, -0.25) is 4.68 Å². The fourth-order valence-electron chi connectivity index (χ4n) is 1.00. The van der Waals surface area contributed by atoms with Gasteiger partial charge in [-0.15, -0.1) is 0 Å². The Morgan fingerprint density at radius 2 is 2.50 bits per heavy atom. The summed E-state index contributed by atoms with van der Waals surface area (Å²) in [6.45, 7) is 2.09. The Morgan fingerprint density at radius 1 is 1.75 bits per heavy atom. The van der Waals surface area contributed by atoms with Crippen LogP contribution in [0.4, 0.5) is 0 Å². The van der Waals surface area contributed by atoms with Crippen molar-refractivity contribution in [2.45, 2.75) is 13.3 Å². The van der Waals surface area contributed by atoms with Crippen LogP contribution in [0.1, 0.15) is 19.0 Å². The van der Waals surface area contributed by atoms with Gasteiger partial charge in [0.2, 0.25) is 0 Å². The summed E-state index contributed by atoms with van der Waals surface area (Å²) in [6.07, 6.45) is 5.21. The van der Waals surface area contributed by atoms with Crippen LogP contribution >= 0.6 is 15.9 Å². The van der Waals surface area contributed by atoms with Crippen molar-refractivity contribution in [3.8, 4) is 0 Å². The van der Waals surface area contributed by atoms with E-state index in [2.05, 4.69) is 34.0 Å². The molecule has 0 aliphatic rings. The van der Waals surface area contributed by atoms with Crippen LogP contribution in [0, 0.1) is 0 Å². The Bertz CT molecular complexity index is 276. The number of allylic oxidation sites excluding steroid dienone is 2. The lowest BCUT2D eigenvalue weighted by atomic mass is 10.2. The van der Waals surface area contributed by atoms with Crippen molar-refractivity contribution >= 4 is 21.5 Å². The van der Waals surface area contributed by atoms with Crippen LogP contribution < -0.4 is 0 Å². The molecule has 0 bridgehead atoms. The average Bonchev–Trinajstić information content (AvgIpc) is 2.47. The van der Waals surface area contributed by atoms with E-state index in [1.807, 2.05) is 24.0 Å². The van der Waals surface area contributed by atoms with Crippen molar-refractivity contribution in [3.05, 3.63) is 24.0 Å². The Labute approximate surface area is 81.4 Å². The SMILES string of the molecule is C/C(=C/CCBr)c1ccn(C)n1. The van der Waals surface area contributed by atoms with Gasteiger partial charge >= 0.3 is 0 Å². The molecule has 0 aliphatic carbocycles. The third-order valence-electron chi connectivity index (χ3n) is 1.68. The molecule has 0 spiro atoms. The summed E-state index contributed by atoms with van der Waals surface area (Å²) in [5.74, 6) is 0. The normalized spacial score (nSPS) is 12.1. The maximum Gasteiger partial charge on any atom is 0.0876 e. The van der Waals surface area contributed by atoms with Crippen molar-refractivity contribution in [3.63, 3.8) is 0 Å². The number of alkyl halides is 1. The molecule has 0 N–H and O–H groups in total. The third-order valence-corrected chi connectivity index (χ3v) is 2.14. The lowest BCUT2D eigenvalue weighted by molar-refractivity contribution is 0.763. The van der Waals surface area contributed by atoms with Gasteiger partial charge in [0, 0.05) is 18.6 Å². The molecule has 0 fully saturated rings. The zero-order chi connectivity index (χ0) is 8.97. The average molecular weight is 229 g/mol. The Hall–Kier alpha value is -0.570. The Morgan fingerprint density at radius 3 is 3.00 bits per heavy atom. The van der Waals surface area contributed by atoms with E-state index < -0.39 is 0 Å². The predicted octanol–water partition coefficient (Wildman–Crippen LogP) is 2.61. The quantitative estimate of drug-likeness (QED) is 0.728. The third kappa shape index (κ3) is 2.48. The van der Waals surface area contributed by atoms with Crippen LogP contribution in [0.2, 0.25) is 0 Å². The van der Waals surface area contributed by atoms with E-state index in [-0.39, 0.29) is 0 Å². The molecule has 3 heteroatoms. The number of nitrogens with zero attached hydrogens (tertiary/aromatic N) is 2. The van der Waals surface area contributed by atoms with E-state index in [9.17, 15) is 0 Å². The first-order chi connectivity index (χ1) is 5.74. The molecular formula is C9H13BrN2. The predicted molar refractivity (Wildman–Crippen MR) is 55.3 cm³/mol. The van der Waals surface area contributed by atoms with Crippen molar-refractivity contribution < 1.29 is 0 Å². The second-order valence-corrected chi connectivity index (χ2v) is 3.53. The minimum atomic E-state index is 1.01. The van der Waals surface area contributed by atoms with Crippen LogP contribution in [-0.4, -0.2) is 15.1 Å². The number of hydrogen-bond acceptors (Lipinski definition) is 1. The van der Waals surface area contributed by atoms with Gasteiger partial charge in [-0.05, 0) is 25.0 Å². The molecule has 0 saturated heterocycles. The molecule has 1 aromatic heterocycles. The van der Waals surface area contributed by atoms with Crippen LogP contribution in [0.25, 0.3) is 5.57 Å². The first-order valence-corrected chi connectivity index (χ1v) is 5.09. The van der Waals surface area contributed by atoms with Crippen LogP contribution in [0.3, 0.4) is 0 Å². The maximum atomic E-state index is 4.30. The highest BCUT2D eigenvalue weighted by Gasteiger charge is 1.97. The molecule has 0 amide bonds. The van der Waals surface area contributed by atoms with Gasteiger partial charge in [0.1, 0.15) is 0 Å². The van der Waals surface area contributed by atoms with E-state index in [1.54, 1.807) is 0 Å². The molecule has 12 heavy (non-hydrogen) atoms. The van der Waals surface area contributed by atoms with Crippen LogP contribution in [0.5, 0.6) is 0 Å². The van der Waals surface area contributed by atoms with Gasteiger partial charge < -0.3 is 0 Å². The molecule has 0 unspecified atom stereocenters. The zero-order valence-corrected chi connectivity index (χ0v) is 9.00. The fourth-order valence-corrected chi connectivity index (χ4v) is 1.23. The fraction of sp³-hybridized carbons (Fsp3) is 0.444. The molecule has 0 atom stereocenters. The summed E-state index contributed by atoms with van der Waals surface area (Å²) in [7, 11) is 1.93. The molecular weight excluding hydrogens is 216 g/mol. The molecule has 0 aromatic carbocycles.